The molecule has 0 heterocycles. The molecule has 0 unspecified atom stereocenters. The Morgan fingerprint density at radius 1 is 1.43 bits per heavy atom. The SMILES string of the molecule is CCOCCN(C)S(=O)(=O)c1ccc(C#CCO)cc1Cl. The maximum Gasteiger partial charge on any atom is 0.244 e. The number of aliphatic hydroxyl groups is 1. The van der Waals surface area contributed by atoms with Crippen molar-refractivity contribution in [1.82, 2.24) is 4.31 Å². The molecule has 0 aliphatic rings. The summed E-state index contributed by atoms with van der Waals surface area (Å²) in [4.78, 5) is 0.0257. The number of benzene rings is 1. The predicted molar refractivity (Wildman–Crippen MR) is 81.7 cm³/mol. The highest BCUT2D eigenvalue weighted by molar-refractivity contribution is 7.89. The number of aliphatic hydroxyl groups excluding tert-OH is 1. The Morgan fingerprint density at radius 2 is 2.14 bits per heavy atom. The minimum absolute atomic E-state index is 0.0257. The van der Waals surface area contributed by atoms with Crippen LogP contribution in [0, 0.1) is 11.8 Å². The fourth-order valence-electron chi connectivity index (χ4n) is 1.55. The first-order valence-electron chi connectivity index (χ1n) is 6.36. The maximum atomic E-state index is 12.4. The van der Waals surface area contributed by atoms with Gasteiger partial charge in [0.25, 0.3) is 0 Å². The van der Waals surface area contributed by atoms with E-state index in [-0.39, 0.29) is 23.1 Å². The number of ether oxygens (including phenoxy) is 1. The summed E-state index contributed by atoms with van der Waals surface area (Å²) in [6.45, 7) is 2.69. The fraction of sp³-hybridized carbons (Fsp3) is 0.429. The van der Waals surface area contributed by atoms with Gasteiger partial charge in [-0.1, -0.05) is 23.4 Å². The van der Waals surface area contributed by atoms with E-state index in [1.54, 1.807) is 6.07 Å². The van der Waals surface area contributed by atoms with Crippen molar-refractivity contribution in [3.63, 3.8) is 0 Å². The molecule has 0 aliphatic heterocycles. The van der Waals surface area contributed by atoms with Crippen LogP contribution >= 0.6 is 11.6 Å². The largest absolute Gasteiger partial charge is 0.384 e. The van der Waals surface area contributed by atoms with Crippen LogP contribution in [0.3, 0.4) is 0 Å². The first-order chi connectivity index (χ1) is 9.93. The second-order valence-corrected chi connectivity index (χ2v) is 6.55. The Labute approximate surface area is 130 Å². The van der Waals surface area contributed by atoms with Gasteiger partial charge in [-0.05, 0) is 25.1 Å². The summed E-state index contributed by atoms with van der Waals surface area (Å²) in [7, 11) is -2.19. The highest BCUT2D eigenvalue weighted by Crippen LogP contribution is 2.24. The summed E-state index contributed by atoms with van der Waals surface area (Å²) in [6.07, 6.45) is 0. The maximum absolute atomic E-state index is 12.4. The molecule has 0 fully saturated rings. The number of likely N-dealkylation sites (N-methyl/N-ethyl adjacent to an activating group) is 1. The molecule has 7 heteroatoms. The lowest BCUT2D eigenvalue weighted by Crippen LogP contribution is -2.30. The highest BCUT2D eigenvalue weighted by atomic mass is 35.5. The van der Waals surface area contributed by atoms with Gasteiger partial charge in [-0.2, -0.15) is 4.31 Å². The van der Waals surface area contributed by atoms with Crippen LogP contribution in [0.4, 0.5) is 0 Å². The van der Waals surface area contributed by atoms with Crippen molar-refractivity contribution < 1.29 is 18.3 Å². The molecule has 21 heavy (non-hydrogen) atoms. The minimum atomic E-state index is -3.66. The summed E-state index contributed by atoms with van der Waals surface area (Å²) in [5.41, 5.74) is 0.546. The van der Waals surface area contributed by atoms with Gasteiger partial charge < -0.3 is 9.84 Å². The van der Waals surface area contributed by atoms with Crippen LogP contribution in [0.15, 0.2) is 23.1 Å². The summed E-state index contributed by atoms with van der Waals surface area (Å²) in [6, 6.07) is 4.43. The van der Waals surface area contributed by atoms with E-state index in [0.717, 1.165) is 0 Å². The fourth-order valence-corrected chi connectivity index (χ4v) is 3.22. The van der Waals surface area contributed by atoms with Crippen LogP contribution in [0.25, 0.3) is 0 Å². The second kappa shape index (κ2) is 8.37. The Balaban J connectivity index is 2.98. The minimum Gasteiger partial charge on any atom is -0.384 e. The van der Waals surface area contributed by atoms with Crippen LogP contribution in [0.1, 0.15) is 12.5 Å². The van der Waals surface area contributed by atoms with Gasteiger partial charge in [0.15, 0.2) is 0 Å². The molecule has 1 N–H and O–H groups in total. The van der Waals surface area contributed by atoms with Crippen molar-refractivity contribution in [2.75, 3.05) is 33.4 Å². The van der Waals surface area contributed by atoms with Crippen molar-refractivity contribution in [3.8, 4) is 11.8 Å². The molecule has 0 radical (unpaired) electrons. The summed E-state index contributed by atoms with van der Waals surface area (Å²) in [5, 5.41) is 8.74. The third kappa shape index (κ3) is 4.99. The summed E-state index contributed by atoms with van der Waals surface area (Å²) < 4.78 is 31.1. The van der Waals surface area contributed by atoms with Gasteiger partial charge in [-0.15, -0.1) is 0 Å². The van der Waals surface area contributed by atoms with E-state index in [9.17, 15) is 8.42 Å². The molecular weight excluding hydrogens is 314 g/mol. The Morgan fingerprint density at radius 3 is 2.71 bits per heavy atom. The Bertz CT molecular complexity index is 634. The molecule has 0 saturated heterocycles. The van der Waals surface area contributed by atoms with E-state index in [4.69, 9.17) is 21.4 Å². The normalized spacial score (nSPS) is 11.3. The lowest BCUT2D eigenvalue weighted by atomic mass is 10.2. The van der Waals surface area contributed by atoms with Crippen molar-refractivity contribution in [2.24, 2.45) is 0 Å². The number of rotatable bonds is 6. The summed E-state index contributed by atoms with van der Waals surface area (Å²) in [5.74, 6) is 5.15. The molecule has 0 saturated carbocycles. The summed E-state index contributed by atoms with van der Waals surface area (Å²) >= 11 is 6.03. The van der Waals surface area contributed by atoms with Gasteiger partial charge in [0.05, 0.1) is 11.6 Å². The van der Waals surface area contributed by atoms with Gasteiger partial charge in [-0.25, -0.2) is 8.42 Å². The van der Waals surface area contributed by atoms with Crippen molar-refractivity contribution in [2.45, 2.75) is 11.8 Å². The van der Waals surface area contributed by atoms with Crippen LogP contribution in [0.2, 0.25) is 5.02 Å². The third-order valence-corrected chi connectivity index (χ3v) is 5.03. The molecule has 0 amide bonds. The zero-order valence-electron chi connectivity index (χ0n) is 12.0. The lowest BCUT2D eigenvalue weighted by molar-refractivity contribution is 0.138. The molecule has 1 aromatic carbocycles. The average Bonchev–Trinajstić information content (AvgIpc) is 2.45. The molecule has 0 bridgehead atoms. The standard InChI is InChI=1S/C14H18ClNO4S/c1-3-20-10-8-16(2)21(18,19)14-7-6-12(5-4-9-17)11-13(14)15/h6-7,11,17H,3,8-10H2,1-2H3. The monoisotopic (exact) mass is 331 g/mol. The van der Waals surface area contributed by atoms with E-state index in [0.29, 0.717) is 18.8 Å². The van der Waals surface area contributed by atoms with E-state index in [1.165, 1.54) is 23.5 Å². The molecule has 1 rings (SSSR count). The Hall–Kier alpha value is -1.10. The second-order valence-electron chi connectivity index (χ2n) is 4.13. The van der Waals surface area contributed by atoms with E-state index < -0.39 is 10.0 Å². The van der Waals surface area contributed by atoms with Crippen LogP contribution < -0.4 is 0 Å². The average molecular weight is 332 g/mol. The molecule has 0 atom stereocenters. The topological polar surface area (TPSA) is 66.8 Å². The molecule has 0 aliphatic carbocycles. The van der Waals surface area contributed by atoms with Crippen molar-refractivity contribution in [1.29, 1.82) is 0 Å². The Kier molecular flexibility index (Phi) is 7.15. The van der Waals surface area contributed by atoms with Crippen LogP contribution in [-0.2, 0) is 14.8 Å². The van der Waals surface area contributed by atoms with Crippen LogP contribution in [0.5, 0.6) is 0 Å². The van der Waals surface area contributed by atoms with E-state index in [1.807, 2.05) is 6.92 Å². The first kappa shape index (κ1) is 18.0. The predicted octanol–water partition coefficient (Wildman–Crippen LogP) is 1.34. The first-order valence-corrected chi connectivity index (χ1v) is 8.18. The zero-order chi connectivity index (χ0) is 15.9. The van der Waals surface area contributed by atoms with E-state index in [2.05, 4.69) is 11.8 Å². The molecule has 0 spiro atoms. The van der Waals surface area contributed by atoms with Crippen molar-refractivity contribution >= 4 is 21.6 Å². The van der Waals surface area contributed by atoms with Gasteiger partial charge in [0, 0.05) is 25.8 Å². The molecule has 5 nitrogen and oxygen atoms in total. The lowest BCUT2D eigenvalue weighted by Gasteiger charge is -2.17. The quantitative estimate of drug-likeness (QED) is 0.631. The number of sulfonamides is 1. The van der Waals surface area contributed by atoms with E-state index >= 15 is 0 Å². The molecule has 0 aromatic heterocycles. The molecule has 116 valence electrons. The molecule has 1 aromatic rings. The van der Waals surface area contributed by atoms with Gasteiger partial charge in [0.1, 0.15) is 11.5 Å². The van der Waals surface area contributed by atoms with Crippen molar-refractivity contribution in [3.05, 3.63) is 28.8 Å². The van der Waals surface area contributed by atoms with Gasteiger partial charge in [-0.3, -0.25) is 0 Å². The number of hydrogen-bond donors (Lipinski definition) is 1. The number of nitrogens with zero attached hydrogens (tertiary/aromatic N) is 1. The van der Waals surface area contributed by atoms with Gasteiger partial charge >= 0.3 is 0 Å². The number of hydrogen-bond acceptors (Lipinski definition) is 4. The van der Waals surface area contributed by atoms with Gasteiger partial charge in [0.2, 0.25) is 10.0 Å². The third-order valence-electron chi connectivity index (χ3n) is 2.69. The highest BCUT2D eigenvalue weighted by Gasteiger charge is 2.23. The zero-order valence-corrected chi connectivity index (χ0v) is 13.5. The van der Waals surface area contributed by atoms with Crippen LogP contribution in [-0.4, -0.2) is 51.2 Å². The molecular formula is C14H18ClNO4S. The number of halogens is 1. The smallest absolute Gasteiger partial charge is 0.244 e.